The van der Waals surface area contributed by atoms with Gasteiger partial charge in [0.25, 0.3) is 0 Å². The molecule has 1 N–H and O–H groups in total. The van der Waals surface area contributed by atoms with Crippen molar-refractivity contribution in [1.29, 1.82) is 0 Å². The number of hydrogen-bond acceptors (Lipinski definition) is 4. The number of ether oxygens (including phenoxy) is 1. The third-order valence-electron chi connectivity index (χ3n) is 5.69. The third-order valence-corrected chi connectivity index (χ3v) is 6.40. The molecular weight excluding hydrogens is 494 g/mol. The lowest BCUT2D eigenvalue weighted by Gasteiger charge is -2.33. The van der Waals surface area contributed by atoms with Crippen LogP contribution in [0.1, 0.15) is 37.9 Å². The van der Waals surface area contributed by atoms with E-state index in [0.29, 0.717) is 11.3 Å². The minimum atomic E-state index is -2.97. The van der Waals surface area contributed by atoms with Gasteiger partial charge in [-0.25, -0.2) is 0 Å². The normalized spacial score (nSPS) is 12.4. The molecule has 0 aliphatic rings. The van der Waals surface area contributed by atoms with Crippen LogP contribution in [-0.2, 0) is 16.0 Å². The number of thiophene rings is 1. The first-order valence-electron chi connectivity index (χ1n) is 11.8. The highest BCUT2D eigenvalue weighted by molar-refractivity contribution is 7.08. The van der Waals surface area contributed by atoms with Crippen LogP contribution in [0.2, 0.25) is 0 Å². The monoisotopic (exact) mass is 522 g/mol. The summed E-state index contributed by atoms with van der Waals surface area (Å²) in [5.41, 5.74) is 1.34. The molecule has 1 unspecified atom stereocenters. The number of carbonyl (C=O) groups is 2. The van der Waals surface area contributed by atoms with Gasteiger partial charge in [-0.1, -0.05) is 42.5 Å². The van der Waals surface area contributed by atoms with Crippen LogP contribution >= 0.6 is 11.3 Å². The van der Waals surface area contributed by atoms with Gasteiger partial charge in [-0.3, -0.25) is 14.5 Å². The summed E-state index contributed by atoms with van der Waals surface area (Å²) in [6.45, 7) is 2.64. The van der Waals surface area contributed by atoms with Gasteiger partial charge in [0, 0.05) is 11.2 Å². The molecule has 0 spiro atoms. The average Bonchev–Trinajstić information content (AvgIpc) is 3.36. The van der Waals surface area contributed by atoms with Crippen LogP contribution in [0.4, 0.5) is 14.5 Å². The maximum atomic E-state index is 14.0. The van der Waals surface area contributed by atoms with Crippen LogP contribution in [0.3, 0.4) is 0 Å². The van der Waals surface area contributed by atoms with Crippen LogP contribution in [0.15, 0.2) is 83.6 Å². The number of nitrogens with one attached hydrogen (secondary N) is 1. The van der Waals surface area contributed by atoms with Crippen molar-refractivity contribution < 1.29 is 23.1 Å². The van der Waals surface area contributed by atoms with Crippen molar-refractivity contribution in [3.8, 4) is 5.75 Å². The molecule has 5 nitrogen and oxygen atoms in total. The Morgan fingerprint density at radius 3 is 2.32 bits per heavy atom. The summed E-state index contributed by atoms with van der Waals surface area (Å²) in [6, 6.07) is 20.2. The predicted molar refractivity (Wildman–Crippen MR) is 143 cm³/mol. The fourth-order valence-corrected chi connectivity index (χ4v) is 4.89. The van der Waals surface area contributed by atoms with Crippen LogP contribution < -0.4 is 15.0 Å². The maximum Gasteiger partial charge on any atom is 0.387 e. The van der Waals surface area contributed by atoms with Gasteiger partial charge >= 0.3 is 6.61 Å². The Labute approximate surface area is 218 Å². The van der Waals surface area contributed by atoms with E-state index >= 15 is 0 Å². The highest BCUT2D eigenvalue weighted by Gasteiger charge is 2.34. The Morgan fingerprint density at radius 1 is 0.973 bits per heavy atom. The first-order chi connectivity index (χ1) is 17.6. The number of alkyl halides is 2. The zero-order chi connectivity index (χ0) is 26.6. The van der Waals surface area contributed by atoms with Crippen molar-refractivity contribution in [1.82, 2.24) is 5.32 Å². The predicted octanol–water partition coefficient (Wildman–Crippen LogP) is 6.73. The molecule has 3 aromatic carbocycles. The second-order valence-corrected chi connectivity index (χ2v) is 10.4. The van der Waals surface area contributed by atoms with Gasteiger partial charge < -0.3 is 10.1 Å². The first kappa shape index (κ1) is 26.3. The number of rotatable bonds is 8. The van der Waals surface area contributed by atoms with Crippen molar-refractivity contribution in [2.75, 3.05) is 4.90 Å². The Morgan fingerprint density at radius 2 is 1.68 bits per heavy atom. The van der Waals surface area contributed by atoms with Crippen molar-refractivity contribution in [3.05, 3.63) is 94.7 Å². The number of halogens is 2. The summed E-state index contributed by atoms with van der Waals surface area (Å²) in [7, 11) is 0. The Balaban J connectivity index is 1.78. The molecule has 192 valence electrons. The van der Waals surface area contributed by atoms with E-state index < -0.39 is 18.2 Å². The lowest BCUT2D eigenvalue weighted by atomic mass is 9.99. The van der Waals surface area contributed by atoms with Crippen molar-refractivity contribution in [3.63, 3.8) is 0 Å². The molecule has 0 aliphatic carbocycles. The van der Waals surface area contributed by atoms with E-state index in [2.05, 4.69) is 10.1 Å². The van der Waals surface area contributed by atoms with Gasteiger partial charge in [0.2, 0.25) is 11.8 Å². The molecule has 8 heteroatoms. The summed E-state index contributed by atoms with van der Waals surface area (Å²) in [5, 5.41) is 8.63. The van der Waals surface area contributed by atoms with Crippen molar-refractivity contribution in [2.24, 2.45) is 0 Å². The number of nitrogens with zero attached hydrogens (tertiary/aromatic N) is 1. The Kier molecular flexibility index (Phi) is 7.88. The Bertz CT molecular complexity index is 1360. The van der Waals surface area contributed by atoms with Gasteiger partial charge in [-0.2, -0.15) is 20.1 Å². The zero-order valence-electron chi connectivity index (χ0n) is 20.8. The fourth-order valence-electron chi connectivity index (χ4n) is 4.21. The number of hydrogen-bond donors (Lipinski definition) is 1. The molecule has 1 heterocycles. The van der Waals surface area contributed by atoms with Crippen LogP contribution in [0, 0.1) is 0 Å². The standard InChI is InChI=1S/C29H28F2N2O3S/c1-29(2,3)32-27(35)26(21-15-16-37-18-21)33(22-11-13-23(14-12-22)36-28(30)31)25(34)17-20-9-6-8-19-7-4-5-10-24(19)20/h4-16,18,26,28H,17H2,1-3H3,(H,32,35). The molecule has 1 atom stereocenters. The molecule has 0 saturated heterocycles. The number of anilines is 1. The van der Waals surface area contributed by atoms with E-state index in [1.165, 1.54) is 40.5 Å². The molecule has 4 aromatic rings. The fraction of sp³-hybridized carbons (Fsp3) is 0.241. The highest BCUT2D eigenvalue weighted by Crippen LogP contribution is 2.32. The lowest BCUT2D eigenvalue weighted by molar-refractivity contribution is -0.127. The summed E-state index contributed by atoms with van der Waals surface area (Å²) < 4.78 is 29.9. The first-order valence-corrected chi connectivity index (χ1v) is 12.7. The molecule has 0 bridgehead atoms. The molecule has 1 aromatic heterocycles. The van der Waals surface area contributed by atoms with Crippen LogP contribution in [0.25, 0.3) is 10.8 Å². The molecule has 0 saturated carbocycles. The summed E-state index contributed by atoms with van der Waals surface area (Å²) in [5.74, 6) is -0.685. The second kappa shape index (κ2) is 11.1. The van der Waals surface area contributed by atoms with Gasteiger partial charge in [0.15, 0.2) is 0 Å². The minimum Gasteiger partial charge on any atom is -0.435 e. The smallest absolute Gasteiger partial charge is 0.387 e. The molecular formula is C29H28F2N2O3S. The highest BCUT2D eigenvalue weighted by atomic mass is 32.1. The molecule has 4 rings (SSSR count). The van der Waals surface area contributed by atoms with Gasteiger partial charge in [0.05, 0.1) is 6.42 Å². The maximum absolute atomic E-state index is 14.0. The van der Waals surface area contributed by atoms with E-state index in [1.807, 2.05) is 80.1 Å². The van der Waals surface area contributed by atoms with Crippen molar-refractivity contribution >= 4 is 39.6 Å². The molecule has 0 radical (unpaired) electrons. The number of benzene rings is 3. The van der Waals surface area contributed by atoms with E-state index in [-0.39, 0.29) is 24.0 Å². The van der Waals surface area contributed by atoms with Crippen molar-refractivity contribution in [2.45, 2.75) is 45.4 Å². The van der Waals surface area contributed by atoms with E-state index in [9.17, 15) is 18.4 Å². The van der Waals surface area contributed by atoms with Gasteiger partial charge in [-0.05, 0) is 83.8 Å². The molecule has 0 aliphatic heterocycles. The topological polar surface area (TPSA) is 58.6 Å². The van der Waals surface area contributed by atoms with Gasteiger partial charge in [-0.15, -0.1) is 0 Å². The average molecular weight is 523 g/mol. The second-order valence-electron chi connectivity index (χ2n) is 9.65. The summed E-state index contributed by atoms with van der Waals surface area (Å²) in [6.07, 6.45) is 0.0417. The molecule has 37 heavy (non-hydrogen) atoms. The number of fused-ring (bicyclic) bond motifs is 1. The summed E-state index contributed by atoms with van der Waals surface area (Å²) in [4.78, 5) is 29.1. The van der Waals surface area contributed by atoms with Gasteiger partial charge in [0.1, 0.15) is 11.8 Å². The summed E-state index contributed by atoms with van der Waals surface area (Å²) >= 11 is 1.42. The zero-order valence-corrected chi connectivity index (χ0v) is 21.6. The lowest BCUT2D eigenvalue weighted by Crippen LogP contribution is -2.49. The number of amides is 2. The molecule has 2 amide bonds. The van der Waals surface area contributed by atoms with E-state index in [4.69, 9.17) is 0 Å². The third kappa shape index (κ3) is 6.51. The quantitative estimate of drug-likeness (QED) is 0.279. The van der Waals surface area contributed by atoms with E-state index in [1.54, 1.807) is 0 Å². The van der Waals surface area contributed by atoms with Crippen LogP contribution in [0.5, 0.6) is 5.75 Å². The molecule has 0 fully saturated rings. The minimum absolute atomic E-state index is 0.0357. The largest absolute Gasteiger partial charge is 0.435 e. The van der Waals surface area contributed by atoms with E-state index in [0.717, 1.165) is 16.3 Å². The SMILES string of the molecule is CC(C)(C)NC(=O)C(c1ccsc1)N(C(=O)Cc1cccc2ccccc12)c1ccc(OC(F)F)cc1. The Hall–Kier alpha value is -3.78. The number of carbonyl (C=O) groups excluding carboxylic acids is 2. The van der Waals surface area contributed by atoms with Crippen LogP contribution in [-0.4, -0.2) is 24.0 Å².